The van der Waals surface area contributed by atoms with Gasteiger partial charge in [-0.1, -0.05) is 12.1 Å². The van der Waals surface area contributed by atoms with Crippen LogP contribution in [-0.2, 0) is 9.05 Å². The third-order valence-corrected chi connectivity index (χ3v) is 3.89. The highest BCUT2D eigenvalue weighted by atomic mass is 35.7. The summed E-state index contributed by atoms with van der Waals surface area (Å²) in [6.07, 6.45) is 0. The van der Waals surface area contributed by atoms with E-state index in [4.69, 9.17) is 10.7 Å². The molecule has 0 aliphatic carbocycles. The van der Waals surface area contributed by atoms with E-state index < -0.39 is 9.05 Å². The Labute approximate surface area is 108 Å². The lowest BCUT2D eigenvalue weighted by Gasteiger charge is -2.34. The van der Waals surface area contributed by atoms with Crippen molar-refractivity contribution in [2.75, 3.05) is 4.90 Å². The molecule has 0 aliphatic rings. The molecule has 0 saturated heterocycles. The molecule has 0 fully saturated rings. The molecule has 0 aliphatic heterocycles. The molecule has 0 N–H and O–H groups in total. The fourth-order valence-corrected chi connectivity index (χ4v) is 3.09. The van der Waals surface area contributed by atoms with Crippen molar-refractivity contribution in [3.05, 3.63) is 24.3 Å². The molecule has 1 aromatic rings. The van der Waals surface area contributed by atoms with Crippen molar-refractivity contribution in [3.63, 3.8) is 0 Å². The van der Waals surface area contributed by atoms with Crippen LogP contribution in [0, 0.1) is 0 Å². The van der Waals surface area contributed by atoms with E-state index >= 15 is 0 Å². The average molecular weight is 276 g/mol. The number of hydrogen-bond donors (Lipinski definition) is 0. The van der Waals surface area contributed by atoms with E-state index in [0.717, 1.165) is 0 Å². The van der Waals surface area contributed by atoms with Crippen LogP contribution in [-0.4, -0.2) is 20.5 Å². The predicted molar refractivity (Wildman–Crippen MR) is 72.2 cm³/mol. The van der Waals surface area contributed by atoms with E-state index in [9.17, 15) is 8.42 Å². The van der Waals surface area contributed by atoms with Crippen LogP contribution >= 0.6 is 10.7 Å². The Hall–Kier alpha value is -0.740. The first-order valence-corrected chi connectivity index (χ1v) is 7.88. The molecule has 0 spiro atoms. The molecule has 0 radical (unpaired) electrons. The summed E-state index contributed by atoms with van der Waals surface area (Å²) < 4.78 is 23.1. The van der Waals surface area contributed by atoms with Crippen LogP contribution < -0.4 is 4.90 Å². The molecular weight excluding hydrogens is 258 g/mol. The monoisotopic (exact) mass is 275 g/mol. The van der Waals surface area contributed by atoms with Crippen LogP contribution in [0.4, 0.5) is 5.69 Å². The minimum Gasteiger partial charge on any atom is -0.366 e. The molecule has 0 heterocycles. The van der Waals surface area contributed by atoms with E-state index in [2.05, 4.69) is 0 Å². The Balaban J connectivity index is 3.39. The number of rotatable bonds is 4. The van der Waals surface area contributed by atoms with E-state index in [1.807, 2.05) is 38.7 Å². The summed E-state index contributed by atoms with van der Waals surface area (Å²) in [5, 5.41) is 0. The molecule has 5 heteroatoms. The van der Waals surface area contributed by atoms with Crippen LogP contribution in [0.2, 0.25) is 0 Å². The molecule has 17 heavy (non-hydrogen) atoms. The number of nitrogens with zero attached hydrogens (tertiary/aromatic N) is 1. The smallest absolute Gasteiger partial charge is 0.263 e. The van der Waals surface area contributed by atoms with Crippen LogP contribution in [0.15, 0.2) is 29.2 Å². The fourth-order valence-electron chi connectivity index (χ4n) is 2.03. The second-order valence-electron chi connectivity index (χ2n) is 4.50. The van der Waals surface area contributed by atoms with Crippen molar-refractivity contribution in [3.8, 4) is 0 Å². The maximum Gasteiger partial charge on any atom is 0.263 e. The molecule has 0 bridgehead atoms. The molecule has 0 aromatic heterocycles. The van der Waals surface area contributed by atoms with Crippen LogP contribution in [0.5, 0.6) is 0 Å². The van der Waals surface area contributed by atoms with Gasteiger partial charge in [-0.2, -0.15) is 0 Å². The van der Waals surface area contributed by atoms with Crippen LogP contribution in [0.25, 0.3) is 0 Å². The molecule has 0 amide bonds. The van der Waals surface area contributed by atoms with Crippen molar-refractivity contribution in [1.29, 1.82) is 0 Å². The molecule has 0 atom stereocenters. The zero-order chi connectivity index (χ0) is 13.2. The second-order valence-corrected chi connectivity index (χ2v) is 7.03. The molecule has 96 valence electrons. The third kappa shape index (κ3) is 3.36. The number of hydrogen-bond acceptors (Lipinski definition) is 3. The lowest BCUT2D eigenvalue weighted by Crippen LogP contribution is -2.37. The van der Waals surface area contributed by atoms with Gasteiger partial charge in [-0.15, -0.1) is 0 Å². The van der Waals surface area contributed by atoms with Gasteiger partial charge >= 0.3 is 0 Å². The highest BCUT2D eigenvalue weighted by Gasteiger charge is 2.22. The van der Waals surface area contributed by atoms with Crippen molar-refractivity contribution in [2.45, 2.75) is 44.7 Å². The van der Waals surface area contributed by atoms with Gasteiger partial charge in [-0.3, -0.25) is 0 Å². The van der Waals surface area contributed by atoms with Crippen molar-refractivity contribution in [2.24, 2.45) is 0 Å². The van der Waals surface area contributed by atoms with E-state index in [-0.39, 0.29) is 17.0 Å². The van der Waals surface area contributed by atoms with Gasteiger partial charge in [-0.25, -0.2) is 8.42 Å². The lowest BCUT2D eigenvalue weighted by molar-refractivity contribution is 0.594. The van der Waals surface area contributed by atoms with Crippen LogP contribution in [0.3, 0.4) is 0 Å². The first-order valence-electron chi connectivity index (χ1n) is 5.57. The minimum atomic E-state index is -3.71. The van der Waals surface area contributed by atoms with Crippen molar-refractivity contribution >= 4 is 25.4 Å². The number of para-hydroxylation sites is 1. The maximum absolute atomic E-state index is 11.5. The van der Waals surface area contributed by atoms with Gasteiger partial charge in [0.1, 0.15) is 4.90 Å². The molecular formula is C12H18ClNO2S. The highest BCUT2D eigenvalue weighted by molar-refractivity contribution is 8.13. The Bertz CT molecular complexity index is 475. The first kappa shape index (κ1) is 14.3. The largest absolute Gasteiger partial charge is 0.366 e. The quantitative estimate of drug-likeness (QED) is 0.792. The van der Waals surface area contributed by atoms with Gasteiger partial charge in [0.2, 0.25) is 0 Å². The summed E-state index contributed by atoms with van der Waals surface area (Å²) in [5.41, 5.74) is 0.660. The summed E-state index contributed by atoms with van der Waals surface area (Å²) in [6, 6.07) is 7.23. The van der Waals surface area contributed by atoms with Crippen molar-refractivity contribution in [1.82, 2.24) is 0 Å². The van der Waals surface area contributed by atoms with E-state index in [0.29, 0.717) is 5.69 Å². The Morgan fingerprint density at radius 1 is 1.06 bits per heavy atom. The summed E-state index contributed by atoms with van der Waals surface area (Å²) in [6.45, 7) is 8.10. The van der Waals surface area contributed by atoms with Gasteiger partial charge in [-0.05, 0) is 39.8 Å². The molecule has 0 saturated carbocycles. The average Bonchev–Trinajstić information content (AvgIpc) is 2.15. The summed E-state index contributed by atoms with van der Waals surface area (Å²) in [4.78, 5) is 2.21. The van der Waals surface area contributed by atoms with E-state index in [1.165, 1.54) is 6.07 Å². The molecule has 1 aromatic carbocycles. The van der Waals surface area contributed by atoms with Gasteiger partial charge in [0.25, 0.3) is 9.05 Å². The summed E-state index contributed by atoms with van der Waals surface area (Å²) in [7, 11) is 1.75. The number of halogens is 1. The Kier molecular flexibility index (Phi) is 4.44. The SMILES string of the molecule is CC(C)N(c1ccccc1S(=O)(=O)Cl)C(C)C. The zero-order valence-corrected chi connectivity index (χ0v) is 12.1. The molecule has 0 unspecified atom stereocenters. The third-order valence-electron chi connectivity index (χ3n) is 2.52. The fraction of sp³-hybridized carbons (Fsp3) is 0.500. The predicted octanol–water partition coefficient (Wildman–Crippen LogP) is 3.24. The van der Waals surface area contributed by atoms with Crippen LogP contribution in [0.1, 0.15) is 27.7 Å². The summed E-state index contributed by atoms with van der Waals surface area (Å²) >= 11 is 0. The zero-order valence-electron chi connectivity index (χ0n) is 10.5. The highest BCUT2D eigenvalue weighted by Crippen LogP contribution is 2.30. The lowest BCUT2D eigenvalue weighted by atomic mass is 10.2. The normalized spacial score (nSPS) is 12.2. The second kappa shape index (κ2) is 5.27. The van der Waals surface area contributed by atoms with Gasteiger partial charge < -0.3 is 4.90 Å². The van der Waals surface area contributed by atoms with Gasteiger partial charge in [0.05, 0.1) is 5.69 Å². The summed E-state index contributed by atoms with van der Waals surface area (Å²) in [5.74, 6) is 0. The standard InChI is InChI=1S/C12H18ClNO2S/c1-9(2)14(10(3)4)11-7-5-6-8-12(11)17(13,15)16/h5-10H,1-4H3. The molecule has 1 rings (SSSR count). The number of benzene rings is 1. The Morgan fingerprint density at radius 2 is 1.53 bits per heavy atom. The number of anilines is 1. The van der Waals surface area contributed by atoms with Gasteiger partial charge in [0, 0.05) is 22.8 Å². The molecule has 3 nitrogen and oxygen atoms in total. The topological polar surface area (TPSA) is 37.4 Å². The van der Waals surface area contributed by atoms with Gasteiger partial charge in [0.15, 0.2) is 0 Å². The van der Waals surface area contributed by atoms with E-state index in [1.54, 1.807) is 12.1 Å². The maximum atomic E-state index is 11.5. The first-order chi connectivity index (χ1) is 7.75. The van der Waals surface area contributed by atoms with Crippen molar-refractivity contribution < 1.29 is 8.42 Å². The minimum absolute atomic E-state index is 0.170. The Morgan fingerprint density at radius 3 is 1.94 bits per heavy atom.